The van der Waals surface area contributed by atoms with Crippen LogP contribution in [0, 0.1) is 11.7 Å². The van der Waals surface area contributed by atoms with E-state index in [2.05, 4.69) is 24.1 Å². The van der Waals surface area contributed by atoms with Crippen molar-refractivity contribution in [1.82, 2.24) is 10.2 Å². The van der Waals surface area contributed by atoms with Gasteiger partial charge in [0.15, 0.2) is 0 Å². The highest BCUT2D eigenvalue weighted by molar-refractivity contribution is 5.78. The lowest BCUT2D eigenvalue weighted by atomic mass is 10.0. The van der Waals surface area contributed by atoms with Crippen LogP contribution in [0.4, 0.5) is 4.39 Å². The number of nitrogens with one attached hydrogen (secondary N) is 1. The van der Waals surface area contributed by atoms with Crippen LogP contribution in [0.2, 0.25) is 0 Å². The van der Waals surface area contributed by atoms with Crippen molar-refractivity contribution in [3.8, 4) is 0 Å². The van der Waals surface area contributed by atoms with Gasteiger partial charge in [-0.25, -0.2) is 4.39 Å². The van der Waals surface area contributed by atoms with Crippen LogP contribution in [-0.2, 0) is 16.0 Å². The minimum Gasteiger partial charge on any atom is -0.379 e. The number of carbonyl (C=O) groups is 1. The van der Waals surface area contributed by atoms with Crippen molar-refractivity contribution in [2.45, 2.75) is 32.7 Å². The molecule has 4 nitrogen and oxygen atoms in total. The predicted octanol–water partition coefficient (Wildman–Crippen LogP) is 2.23. The van der Waals surface area contributed by atoms with Gasteiger partial charge in [0.2, 0.25) is 5.91 Å². The van der Waals surface area contributed by atoms with Crippen molar-refractivity contribution >= 4 is 5.91 Å². The van der Waals surface area contributed by atoms with E-state index in [0.717, 1.165) is 32.7 Å². The van der Waals surface area contributed by atoms with E-state index in [9.17, 15) is 9.18 Å². The van der Waals surface area contributed by atoms with Gasteiger partial charge >= 0.3 is 0 Å². The molecule has 0 bridgehead atoms. The smallest absolute Gasteiger partial charge is 0.224 e. The largest absolute Gasteiger partial charge is 0.379 e. The van der Waals surface area contributed by atoms with Gasteiger partial charge in [-0.15, -0.1) is 0 Å². The molecule has 1 atom stereocenters. The molecule has 0 aliphatic carbocycles. The van der Waals surface area contributed by atoms with Gasteiger partial charge in [-0.05, 0) is 30.0 Å². The molecule has 5 heteroatoms. The topological polar surface area (TPSA) is 41.6 Å². The van der Waals surface area contributed by atoms with Gasteiger partial charge in [0, 0.05) is 25.7 Å². The second kappa shape index (κ2) is 8.99. The molecular weight excluding hydrogens is 295 g/mol. The third-order valence-electron chi connectivity index (χ3n) is 4.09. The SMILES string of the molecule is CC(C)CC(CNC(=O)Cc1cccc(F)c1)N1CCOCC1. The molecule has 2 rings (SSSR count). The highest BCUT2D eigenvalue weighted by atomic mass is 19.1. The molecule has 1 aliphatic rings. The van der Waals surface area contributed by atoms with E-state index in [4.69, 9.17) is 4.74 Å². The van der Waals surface area contributed by atoms with Crippen molar-refractivity contribution in [2.24, 2.45) is 5.92 Å². The van der Waals surface area contributed by atoms with Crippen molar-refractivity contribution in [3.05, 3.63) is 35.6 Å². The number of hydrogen-bond acceptors (Lipinski definition) is 3. The summed E-state index contributed by atoms with van der Waals surface area (Å²) in [6.45, 7) is 8.36. The molecule has 1 saturated heterocycles. The molecule has 1 aromatic carbocycles. The lowest BCUT2D eigenvalue weighted by Crippen LogP contribution is -2.49. The standard InChI is InChI=1S/C18H27FN2O2/c1-14(2)10-17(21-6-8-23-9-7-21)13-20-18(22)12-15-4-3-5-16(19)11-15/h3-5,11,14,17H,6-10,12-13H2,1-2H3,(H,20,22). The number of morpholine rings is 1. The van der Waals surface area contributed by atoms with E-state index in [1.54, 1.807) is 12.1 Å². The molecular formula is C18H27FN2O2. The first-order valence-electron chi connectivity index (χ1n) is 8.37. The summed E-state index contributed by atoms with van der Waals surface area (Å²) in [5.41, 5.74) is 0.703. The lowest BCUT2D eigenvalue weighted by Gasteiger charge is -2.35. The van der Waals surface area contributed by atoms with Crippen molar-refractivity contribution in [3.63, 3.8) is 0 Å². The van der Waals surface area contributed by atoms with Gasteiger partial charge in [0.05, 0.1) is 19.6 Å². The molecule has 0 saturated carbocycles. The highest BCUT2D eigenvalue weighted by Gasteiger charge is 2.22. The Morgan fingerprint density at radius 3 is 2.74 bits per heavy atom. The zero-order chi connectivity index (χ0) is 16.7. The third kappa shape index (κ3) is 6.28. The normalized spacial score (nSPS) is 17.2. The first kappa shape index (κ1) is 17.9. The Hall–Kier alpha value is -1.46. The summed E-state index contributed by atoms with van der Waals surface area (Å²) in [4.78, 5) is 14.5. The quantitative estimate of drug-likeness (QED) is 0.837. The van der Waals surface area contributed by atoms with E-state index in [1.165, 1.54) is 12.1 Å². The molecule has 1 N–H and O–H groups in total. The first-order chi connectivity index (χ1) is 11.0. The lowest BCUT2D eigenvalue weighted by molar-refractivity contribution is -0.120. The molecule has 128 valence electrons. The number of carbonyl (C=O) groups excluding carboxylic acids is 1. The van der Waals surface area contributed by atoms with Crippen LogP contribution in [-0.4, -0.2) is 49.7 Å². The summed E-state index contributed by atoms with van der Waals surface area (Å²) in [5.74, 6) is 0.210. The summed E-state index contributed by atoms with van der Waals surface area (Å²) >= 11 is 0. The van der Waals surface area contributed by atoms with Gasteiger partial charge in [0.1, 0.15) is 5.82 Å². The molecule has 1 unspecified atom stereocenters. The number of nitrogens with zero attached hydrogens (tertiary/aromatic N) is 1. The second-order valence-electron chi connectivity index (χ2n) is 6.54. The molecule has 1 heterocycles. The maximum Gasteiger partial charge on any atom is 0.224 e. The average molecular weight is 322 g/mol. The predicted molar refractivity (Wildman–Crippen MR) is 88.7 cm³/mol. The van der Waals surface area contributed by atoms with Crippen molar-refractivity contribution in [2.75, 3.05) is 32.8 Å². The molecule has 0 radical (unpaired) electrons. The number of halogens is 1. The van der Waals surface area contributed by atoms with E-state index in [0.29, 0.717) is 24.1 Å². The van der Waals surface area contributed by atoms with Crippen LogP contribution in [0.5, 0.6) is 0 Å². The first-order valence-corrected chi connectivity index (χ1v) is 8.37. The summed E-state index contributed by atoms with van der Waals surface area (Å²) in [7, 11) is 0. The van der Waals surface area contributed by atoms with Crippen LogP contribution >= 0.6 is 0 Å². The molecule has 1 aliphatic heterocycles. The fourth-order valence-electron chi connectivity index (χ4n) is 2.97. The number of hydrogen-bond donors (Lipinski definition) is 1. The maximum absolute atomic E-state index is 13.2. The van der Waals surface area contributed by atoms with Gasteiger partial charge in [-0.2, -0.15) is 0 Å². The van der Waals surface area contributed by atoms with Crippen LogP contribution in [0.1, 0.15) is 25.8 Å². The second-order valence-corrected chi connectivity index (χ2v) is 6.54. The fourth-order valence-corrected chi connectivity index (χ4v) is 2.97. The van der Waals surface area contributed by atoms with Crippen LogP contribution in [0.25, 0.3) is 0 Å². The fraction of sp³-hybridized carbons (Fsp3) is 0.611. The number of rotatable bonds is 7. The number of ether oxygens (including phenoxy) is 1. The Morgan fingerprint density at radius 1 is 1.35 bits per heavy atom. The van der Waals surface area contributed by atoms with E-state index >= 15 is 0 Å². The van der Waals surface area contributed by atoms with Crippen molar-refractivity contribution < 1.29 is 13.9 Å². The van der Waals surface area contributed by atoms with Gasteiger partial charge in [-0.1, -0.05) is 26.0 Å². The van der Waals surface area contributed by atoms with E-state index in [1.807, 2.05) is 0 Å². The maximum atomic E-state index is 13.2. The Morgan fingerprint density at radius 2 is 2.09 bits per heavy atom. The molecule has 1 aromatic rings. The summed E-state index contributed by atoms with van der Waals surface area (Å²) < 4.78 is 18.6. The van der Waals surface area contributed by atoms with Crippen molar-refractivity contribution in [1.29, 1.82) is 0 Å². The molecule has 1 fully saturated rings. The third-order valence-corrected chi connectivity index (χ3v) is 4.09. The molecule has 1 amide bonds. The Labute approximate surface area is 138 Å². The van der Waals surface area contributed by atoms with Gasteiger partial charge in [-0.3, -0.25) is 9.69 Å². The molecule has 23 heavy (non-hydrogen) atoms. The van der Waals surface area contributed by atoms with E-state index < -0.39 is 0 Å². The van der Waals surface area contributed by atoms with Crippen LogP contribution < -0.4 is 5.32 Å². The monoisotopic (exact) mass is 322 g/mol. The molecule has 0 aromatic heterocycles. The molecule has 0 spiro atoms. The number of benzene rings is 1. The zero-order valence-electron chi connectivity index (χ0n) is 14.1. The summed E-state index contributed by atoms with van der Waals surface area (Å²) in [5, 5.41) is 3.01. The van der Waals surface area contributed by atoms with Gasteiger partial charge in [0.25, 0.3) is 0 Å². The van der Waals surface area contributed by atoms with Gasteiger partial charge < -0.3 is 10.1 Å². The summed E-state index contributed by atoms with van der Waals surface area (Å²) in [6, 6.07) is 6.53. The van der Waals surface area contributed by atoms with Crippen LogP contribution in [0.15, 0.2) is 24.3 Å². The Balaban J connectivity index is 1.85. The van der Waals surface area contributed by atoms with E-state index in [-0.39, 0.29) is 18.1 Å². The Bertz CT molecular complexity index is 502. The average Bonchev–Trinajstić information content (AvgIpc) is 2.52. The summed E-state index contributed by atoms with van der Waals surface area (Å²) in [6.07, 6.45) is 1.26. The minimum atomic E-state index is -0.304. The minimum absolute atomic E-state index is 0.0578. The zero-order valence-corrected chi connectivity index (χ0v) is 14.1. The number of amides is 1. The van der Waals surface area contributed by atoms with Crippen LogP contribution in [0.3, 0.4) is 0 Å². The Kier molecular flexibility index (Phi) is 6.99. The highest BCUT2D eigenvalue weighted by Crippen LogP contribution is 2.13.